The number of thiophene rings is 1. The summed E-state index contributed by atoms with van der Waals surface area (Å²) in [4.78, 5) is 37.0. The molecule has 1 aromatic heterocycles. The number of Topliss-reactive ketones (excluding diaryl/α,β-unsaturated/α-hetero) is 1. The molecule has 0 saturated carbocycles. The lowest BCUT2D eigenvalue weighted by Gasteiger charge is -2.34. The first-order valence-electron chi connectivity index (χ1n) is 8.47. The van der Waals surface area contributed by atoms with Crippen LogP contribution in [0.4, 0.5) is 5.69 Å². The summed E-state index contributed by atoms with van der Waals surface area (Å²) in [6, 6.07) is 8.07. The van der Waals surface area contributed by atoms with E-state index in [-0.39, 0.29) is 29.7 Å². The first kappa shape index (κ1) is 17.9. The molecular formula is C19H15ClN2O4S. The molecule has 0 saturated heterocycles. The second kappa shape index (κ2) is 6.90. The maximum atomic E-state index is 13.0. The van der Waals surface area contributed by atoms with Gasteiger partial charge in [0.2, 0.25) is 5.91 Å². The van der Waals surface area contributed by atoms with Gasteiger partial charge in [0.25, 0.3) is 5.69 Å². The van der Waals surface area contributed by atoms with E-state index in [0.717, 1.165) is 4.88 Å². The van der Waals surface area contributed by atoms with E-state index < -0.39 is 10.8 Å². The summed E-state index contributed by atoms with van der Waals surface area (Å²) < 4.78 is 0. The molecule has 1 N–H and O–H groups in total. The molecule has 2 aliphatic rings. The molecule has 0 fully saturated rings. The summed E-state index contributed by atoms with van der Waals surface area (Å²) in [6.45, 7) is 0. The average molecular weight is 403 g/mol. The van der Waals surface area contributed by atoms with Crippen molar-refractivity contribution in [1.82, 2.24) is 5.32 Å². The second-order valence-corrected chi connectivity index (χ2v) is 8.09. The fourth-order valence-electron chi connectivity index (χ4n) is 3.86. The molecule has 0 radical (unpaired) electrons. The van der Waals surface area contributed by atoms with Crippen LogP contribution in [0.3, 0.4) is 0 Å². The lowest BCUT2D eigenvalue weighted by atomic mass is 9.74. The molecule has 2 aromatic rings. The zero-order valence-corrected chi connectivity index (χ0v) is 15.7. The first-order valence-corrected chi connectivity index (χ1v) is 9.73. The lowest BCUT2D eigenvalue weighted by molar-refractivity contribution is -0.384. The standard InChI is InChI=1S/C19H15ClN2O4S/c20-14-4-3-11(22(25)26)8-12(14)13-9-18(24)21-15-6-10(7-16(23)19(13)15)17-2-1-5-27-17/h1-5,8,10,13H,6-7,9H2,(H,21,24). The third kappa shape index (κ3) is 3.28. The Morgan fingerprint density at radius 2 is 2.00 bits per heavy atom. The Kier molecular flexibility index (Phi) is 4.57. The van der Waals surface area contributed by atoms with Gasteiger partial charge in [-0.2, -0.15) is 0 Å². The van der Waals surface area contributed by atoms with E-state index in [2.05, 4.69) is 5.32 Å². The number of nitrogens with zero attached hydrogens (tertiary/aromatic N) is 1. The minimum atomic E-state index is -0.557. The number of allylic oxidation sites excluding steroid dienone is 2. The van der Waals surface area contributed by atoms with Crippen LogP contribution in [0.2, 0.25) is 5.02 Å². The van der Waals surface area contributed by atoms with Gasteiger partial charge in [0, 0.05) is 58.0 Å². The molecule has 2 heterocycles. The van der Waals surface area contributed by atoms with E-state index in [1.165, 1.54) is 18.2 Å². The van der Waals surface area contributed by atoms with E-state index in [1.54, 1.807) is 11.3 Å². The number of ketones is 1. The van der Waals surface area contributed by atoms with Gasteiger partial charge in [0.1, 0.15) is 0 Å². The van der Waals surface area contributed by atoms with E-state index in [9.17, 15) is 19.7 Å². The predicted octanol–water partition coefficient (Wildman–Crippen LogP) is 4.31. The summed E-state index contributed by atoms with van der Waals surface area (Å²) >= 11 is 7.88. The molecule has 1 aromatic carbocycles. The molecule has 8 heteroatoms. The third-order valence-electron chi connectivity index (χ3n) is 5.05. The fraction of sp³-hybridized carbons (Fsp3) is 0.263. The third-order valence-corrected chi connectivity index (χ3v) is 6.43. The number of nitrogens with one attached hydrogen (secondary N) is 1. The zero-order chi connectivity index (χ0) is 19.1. The first-order chi connectivity index (χ1) is 12.9. The number of halogens is 1. The highest BCUT2D eigenvalue weighted by Gasteiger charge is 2.39. The Balaban J connectivity index is 1.78. The predicted molar refractivity (Wildman–Crippen MR) is 102 cm³/mol. The molecule has 0 spiro atoms. The van der Waals surface area contributed by atoms with Crippen molar-refractivity contribution in [2.24, 2.45) is 0 Å². The Bertz CT molecular complexity index is 984. The zero-order valence-electron chi connectivity index (χ0n) is 14.1. The number of carbonyl (C=O) groups excluding carboxylic acids is 2. The van der Waals surface area contributed by atoms with Gasteiger partial charge in [0.05, 0.1) is 4.92 Å². The summed E-state index contributed by atoms with van der Waals surface area (Å²) in [5, 5.41) is 16.3. The number of nitro benzene ring substituents is 1. The van der Waals surface area contributed by atoms with Crippen molar-refractivity contribution < 1.29 is 14.5 Å². The summed E-state index contributed by atoms with van der Waals surface area (Å²) in [5.74, 6) is -0.767. The van der Waals surface area contributed by atoms with Gasteiger partial charge in [0.15, 0.2) is 5.78 Å². The minimum Gasteiger partial charge on any atom is -0.329 e. The number of hydrogen-bond donors (Lipinski definition) is 1. The van der Waals surface area contributed by atoms with Crippen LogP contribution < -0.4 is 5.32 Å². The van der Waals surface area contributed by atoms with Crippen molar-refractivity contribution in [1.29, 1.82) is 0 Å². The van der Waals surface area contributed by atoms with Crippen LogP contribution in [0.15, 0.2) is 47.0 Å². The Morgan fingerprint density at radius 1 is 1.19 bits per heavy atom. The molecule has 1 aliphatic heterocycles. The largest absolute Gasteiger partial charge is 0.329 e. The number of non-ortho nitro benzene ring substituents is 1. The maximum absolute atomic E-state index is 13.0. The highest BCUT2D eigenvalue weighted by molar-refractivity contribution is 7.10. The number of benzene rings is 1. The van der Waals surface area contributed by atoms with Crippen molar-refractivity contribution in [3.8, 4) is 0 Å². The molecule has 138 valence electrons. The summed E-state index contributed by atoms with van der Waals surface area (Å²) in [6.07, 6.45) is 0.976. The molecule has 1 aliphatic carbocycles. The quantitative estimate of drug-likeness (QED) is 0.611. The normalized spacial score (nSPS) is 22.4. The van der Waals surface area contributed by atoms with Gasteiger partial charge >= 0.3 is 0 Å². The van der Waals surface area contributed by atoms with E-state index >= 15 is 0 Å². The average Bonchev–Trinajstić information content (AvgIpc) is 3.15. The second-order valence-electron chi connectivity index (χ2n) is 6.70. The van der Waals surface area contributed by atoms with Crippen molar-refractivity contribution in [3.05, 3.63) is 72.6 Å². The topological polar surface area (TPSA) is 89.3 Å². The number of nitro groups is 1. The maximum Gasteiger partial charge on any atom is 0.269 e. The molecule has 1 amide bonds. The van der Waals surface area contributed by atoms with Crippen molar-refractivity contribution in [3.63, 3.8) is 0 Å². The minimum absolute atomic E-state index is 0.0379. The molecule has 27 heavy (non-hydrogen) atoms. The molecule has 0 bridgehead atoms. The van der Waals surface area contributed by atoms with Gasteiger partial charge in [-0.3, -0.25) is 19.7 Å². The van der Waals surface area contributed by atoms with Gasteiger partial charge in [-0.05, 0) is 29.5 Å². The number of amides is 1. The summed E-state index contributed by atoms with van der Waals surface area (Å²) in [7, 11) is 0. The number of carbonyl (C=O) groups is 2. The fourth-order valence-corrected chi connectivity index (χ4v) is 4.94. The van der Waals surface area contributed by atoms with Crippen molar-refractivity contribution in [2.45, 2.75) is 31.1 Å². The van der Waals surface area contributed by atoms with E-state index in [1.807, 2.05) is 17.5 Å². The van der Waals surface area contributed by atoms with Crippen LogP contribution in [-0.2, 0) is 9.59 Å². The molecule has 4 rings (SSSR count). The smallest absolute Gasteiger partial charge is 0.269 e. The van der Waals surface area contributed by atoms with Crippen LogP contribution in [0.5, 0.6) is 0 Å². The Morgan fingerprint density at radius 3 is 2.70 bits per heavy atom. The van der Waals surface area contributed by atoms with Crippen LogP contribution in [0.25, 0.3) is 0 Å². The van der Waals surface area contributed by atoms with Gasteiger partial charge in [-0.25, -0.2) is 0 Å². The van der Waals surface area contributed by atoms with Crippen LogP contribution in [-0.4, -0.2) is 16.6 Å². The monoisotopic (exact) mass is 402 g/mol. The number of hydrogen-bond acceptors (Lipinski definition) is 5. The molecule has 6 nitrogen and oxygen atoms in total. The van der Waals surface area contributed by atoms with Crippen molar-refractivity contribution in [2.75, 3.05) is 0 Å². The Labute approximate surface area is 164 Å². The van der Waals surface area contributed by atoms with Crippen LogP contribution in [0.1, 0.15) is 41.5 Å². The van der Waals surface area contributed by atoms with Gasteiger partial charge in [-0.1, -0.05) is 17.7 Å². The molecular weight excluding hydrogens is 388 g/mol. The van der Waals surface area contributed by atoms with Crippen LogP contribution >= 0.6 is 22.9 Å². The Hall–Kier alpha value is -2.51. The molecule has 2 unspecified atom stereocenters. The van der Waals surface area contributed by atoms with Gasteiger partial charge in [-0.15, -0.1) is 11.3 Å². The van der Waals surface area contributed by atoms with Crippen molar-refractivity contribution >= 4 is 40.3 Å². The summed E-state index contributed by atoms with van der Waals surface area (Å²) in [5.41, 5.74) is 1.50. The molecule has 2 atom stereocenters. The van der Waals surface area contributed by atoms with E-state index in [4.69, 9.17) is 11.6 Å². The SMILES string of the molecule is O=C1CC(c2cc([N+](=O)[O-])ccc2Cl)C2=C(CC(c3cccs3)CC2=O)N1. The van der Waals surface area contributed by atoms with Gasteiger partial charge < -0.3 is 5.32 Å². The highest BCUT2D eigenvalue weighted by atomic mass is 35.5. The lowest BCUT2D eigenvalue weighted by Crippen LogP contribution is -2.38. The van der Waals surface area contributed by atoms with E-state index in [0.29, 0.717) is 34.7 Å². The number of rotatable bonds is 3. The van der Waals surface area contributed by atoms with Crippen LogP contribution in [0, 0.1) is 10.1 Å². The highest BCUT2D eigenvalue weighted by Crippen LogP contribution is 2.45.